The zero-order chi connectivity index (χ0) is 32.0. The monoisotopic (exact) mass is 638 g/mol. The molecule has 4 aliphatic heterocycles. The Morgan fingerprint density at radius 3 is 2.42 bits per heavy atom. The van der Waals surface area contributed by atoms with Crippen molar-refractivity contribution < 1.29 is 24.2 Å². The molecule has 5 atom stereocenters. The number of morpholine rings is 1. The molecule has 3 amide bonds. The van der Waals surface area contributed by atoms with Crippen molar-refractivity contribution in [1.82, 2.24) is 19.6 Å². The van der Waals surface area contributed by atoms with Gasteiger partial charge in [-0.3, -0.25) is 19.3 Å². The number of carbonyl (C=O) groups is 3. The van der Waals surface area contributed by atoms with E-state index in [0.717, 1.165) is 44.5 Å². The summed E-state index contributed by atoms with van der Waals surface area (Å²) >= 11 is 1.72. The van der Waals surface area contributed by atoms with E-state index in [9.17, 15) is 19.5 Å². The topological polar surface area (TPSA) is 93.6 Å². The summed E-state index contributed by atoms with van der Waals surface area (Å²) in [4.78, 5) is 51.7. The SMILES string of the molecule is C=CCN(CCN1CCOCC1)C(=O)C1N(CCCCCO)C(=O)[C@@H]2[C@H](C(=O)N(CC=C)Cc3ccccc3)[C@]3(C)CCC12S3. The van der Waals surface area contributed by atoms with Crippen molar-refractivity contribution in [2.45, 2.75) is 61.1 Å². The third kappa shape index (κ3) is 6.75. The van der Waals surface area contributed by atoms with Crippen molar-refractivity contribution in [3.05, 3.63) is 61.2 Å². The van der Waals surface area contributed by atoms with E-state index in [1.165, 1.54) is 0 Å². The molecular weight excluding hydrogens is 588 g/mol. The van der Waals surface area contributed by atoms with Gasteiger partial charge in [0.05, 0.1) is 29.8 Å². The Labute approximate surface area is 272 Å². The van der Waals surface area contributed by atoms with Crippen molar-refractivity contribution in [2.24, 2.45) is 11.8 Å². The molecular formula is C35H50N4O5S. The third-order valence-electron chi connectivity index (χ3n) is 10.2. The maximum atomic E-state index is 14.7. The van der Waals surface area contributed by atoms with Crippen LogP contribution in [-0.2, 0) is 25.7 Å². The molecule has 1 spiro atoms. The molecule has 10 heteroatoms. The molecule has 0 saturated carbocycles. The Bertz CT molecular complexity index is 1230. The lowest BCUT2D eigenvalue weighted by molar-refractivity contribution is -0.146. The molecule has 1 N–H and O–H groups in total. The van der Waals surface area contributed by atoms with Gasteiger partial charge in [0, 0.05) is 63.7 Å². The number of hydrogen-bond acceptors (Lipinski definition) is 7. The van der Waals surface area contributed by atoms with Crippen molar-refractivity contribution in [2.75, 3.05) is 65.6 Å². The second-order valence-electron chi connectivity index (χ2n) is 13.1. The van der Waals surface area contributed by atoms with Gasteiger partial charge >= 0.3 is 0 Å². The first-order valence-electron chi connectivity index (χ1n) is 16.5. The van der Waals surface area contributed by atoms with Gasteiger partial charge in [-0.05, 0) is 44.6 Å². The van der Waals surface area contributed by atoms with E-state index in [0.29, 0.717) is 58.8 Å². The predicted octanol–water partition coefficient (Wildman–Crippen LogP) is 3.19. The Morgan fingerprint density at radius 1 is 1.02 bits per heavy atom. The van der Waals surface area contributed by atoms with E-state index in [2.05, 4.69) is 25.0 Å². The largest absolute Gasteiger partial charge is 0.396 e. The number of unbranched alkanes of at least 4 members (excludes halogenated alkanes) is 2. The molecule has 0 aromatic heterocycles. The minimum Gasteiger partial charge on any atom is -0.396 e. The van der Waals surface area contributed by atoms with Crippen LogP contribution in [0.1, 0.15) is 44.6 Å². The summed E-state index contributed by atoms with van der Waals surface area (Å²) in [5.74, 6) is -1.23. The van der Waals surface area contributed by atoms with Gasteiger partial charge in [-0.15, -0.1) is 24.9 Å². The number of aliphatic hydroxyl groups excluding tert-OH is 1. The number of carbonyl (C=O) groups excluding carboxylic acids is 3. The number of ether oxygens (including phenoxy) is 1. The van der Waals surface area contributed by atoms with Crippen LogP contribution in [0.25, 0.3) is 0 Å². The van der Waals surface area contributed by atoms with Gasteiger partial charge in [-0.25, -0.2) is 0 Å². The summed E-state index contributed by atoms with van der Waals surface area (Å²) < 4.78 is 4.41. The van der Waals surface area contributed by atoms with Crippen LogP contribution in [0.4, 0.5) is 0 Å². The van der Waals surface area contributed by atoms with Crippen LogP contribution in [0, 0.1) is 11.8 Å². The highest BCUT2D eigenvalue weighted by Crippen LogP contribution is 2.71. The standard InChI is InChI=1S/C35H50N4O5S/c1-4-16-37(20-19-36-21-24-44-25-22-36)33(43)30-35-15-14-34(3,45-35)28(29(35)32(42)39(30)18-10-7-11-23-40)31(41)38(17-5-2)26-27-12-8-6-9-13-27/h4-6,8-9,12-13,28-30,40H,1-2,7,10-11,14-26H2,3H3/t28-,29+,30?,34+,35?/m1/s1. The van der Waals surface area contributed by atoms with E-state index < -0.39 is 27.4 Å². The number of amides is 3. The minimum atomic E-state index is -0.662. The number of nitrogens with zero attached hydrogens (tertiary/aromatic N) is 4. The molecule has 0 radical (unpaired) electrons. The summed E-state index contributed by atoms with van der Waals surface area (Å²) in [7, 11) is 0. The quantitative estimate of drug-likeness (QED) is 0.220. The number of benzene rings is 1. The number of likely N-dealkylation sites (tertiary alicyclic amines) is 1. The van der Waals surface area contributed by atoms with Gasteiger partial charge in [-0.1, -0.05) is 42.5 Å². The van der Waals surface area contributed by atoms with Gasteiger partial charge in [0.2, 0.25) is 17.7 Å². The normalized spacial score (nSPS) is 29.1. The van der Waals surface area contributed by atoms with Crippen LogP contribution >= 0.6 is 11.8 Å². The zero-order valence-electron chi connectivity index (χ0n) is 26.8. The van der Waals surface area contributed by atoms with Crippen LogP contribution in [0.2, 0.25) is 0 Å². The van der Waals surface area contributed by atoms with Gasteiger partial charge in [0.15, 0.2) is 0 Å². The van der Waals surface area contributed by atoms with Crippen LogP contribution in [0.3, 0.4) is 0 Å². The number of fused-ring (bicyclic) bond motifs is 1. The summed E-state index contributed by atoms with van der Waals surface area (Å²) in [5.41, 5.74) is 1.03. The fraction of sp³-hybridized carbons (Fsp3) is 0.629. The molecule has 0 aliphatic carbocycles. The fourth-order valence-electron chi connectivity index (χ4n) is 7.99. The number of rotatable bonds is 16. The summed E-state index contributed by atoms with van der Waals surface area (Å²) in [6, 6.07) is 9.28. The molecule has 9 nitrogen and oxygen atoms in total. The Kier molecular flexibility index (Phi) is 11.1. The average molecular weight is 639 g/mol. The molecule has 2 unspecified atom stereocenters. The second kappa shape index (κ2) is 14.8. The summed E-state index contributed by atoms with van der Waals surface area (Å²) in [5, 5.41) is 9.38. The molecule has 4 aliphatic rings. The number of aliphatic hydroxyl groups is 1. The maximum Gasteiger partial charge on any atom is 0.247 e. The highest BCUT2D eigenvalue weighted by Gasteiger charge is 2.77. The molecule has 45 heavy (non-hydrogen) atoms. The molecule has 1 aromatic rings. The van der Waals surface area contributed by atoms with Crippen LogP contribution in [-0.4, -0.2) is 124 Å². The van der Waals surface area contributed by atoms with Gasteiger partial charge in [0.1, 0.15) is 6.04 Å². The lowest BCUT2D eigenvalue weighted by Crippen LogP contribution is -2.56. The van der Waals surface area contributed by atoms with E-state index in [4.69, 9.17) is 4.74 Å². The van der Waals surface area contributed by atoms with E-state index in [1.54, 1.807) is 23.9 Å². The first-order chi connectivity index (χ1) is 21.8. The molecule has 4 heterocycles. The van der Waals surface area contributed by atoms with Crippen molar-refractivity contribution in [1.29, 1.82) is 0 Å². The van der Waals surface area contributed by atoms with Crippen molar-refractivity contribution in [3.8, 4) is 0 Å². The first kappa shape index (κ1) is 33.7. The number of thioether (sulfide) groups is 1. The maximum absolute atomic E-state index is 14.7. The predicted molar refractivity (Wildman–Crippen MR) is 177 cm³/mol. The smallest absolute Gasteiger partial charge is 0.247 e. The van der Waals surface area contributed by atoms with E-state index in [-0.39, 0.29) is 24.3 Å². The molecule has 246 valence electrons. The van der Waals surface area contributed by atoms with Crippen LogP contribution in [0.5, 0.6) is 0 Å². The van der Waals surface area contributed by atoms with Crippen molar-refractivity contribution in [3.63, 3.8) is 0 Å². The summed E-state index contributed by atoms with van der Waals surface area (Å²) in [6.07, 6.45) is 7.14. The van der Waals surface area contributed by atoms with Crippen molar-refractivity contribution >= 4 is 29.5 Å². The Morgan fingerprint density at radius 2 is 1.73 bits per heavy atom. The zero-order valence-corrected chi connectivity index (χ0v) is 27.6. The lowest BCUT2D eigenvalue weighted by Gasteiger charge is -2.38. The van der Waals surface area contributed by atoms with Gasteiger partial charge < -0.3 is 24.5 Å². The average Bonchev–Trinajstić information content (AvgIpc) is 3.62. The highest BCUT2D eigenvalue weighted by atomic mass is 32.2. The second-order valence-corrected chi connectivity index (χ2v) is 15.0. The minimum absolute atomic E-state index is 0.0303. The number of hydrogen-bond donors (Lipinski definition) is 1. The Balaban J connectivity index is 1.45. The fourth-order valence-corrected chi connectivity index (χ4v) is 10.3. The first-order valence-corrected chi connectivity index (χ1v) is 17.4. The summed E-state index contributed by atoms with van der Waals surface area (Å²) in [6.45, 7) is 16.1. The Hall–Kier alpha value is -2.66. The van der Waals surface area contributed by atoms with Crippen LogP contribution in [0.15, 0.2) is 55.6 Å². The molecule has 1 aromatic carbocycles. The van der Waals surface area contributed by atoms with Crippen LogP contribution < -0.4 is 0 Å². The molecule has 4 saturated heterocycles. The third-order valence-corrected chi connectivity index (χ3v) is 12.1. The molecule has 5 rings (SSSR count). The molecule has 2 bridgehead atoms. The highest BCUT2D eigenvalue weighted by molar-refractivity contribution is 8.02. The van der Waals surface area contributed by atoms with Gasteiger partial charge in [0.25, 0.3) is 0 Å². The van der Waals surface area contributed by atoms with E-state index in [1.807, 2.05) is 45.0 Å². The van der Waals surface area contributed by atoms with Gasteiger partial charge in [-0.2, -0.15) is 0 Å². The lowest BCUT2D eigenvalue weighted by atomic mass is 9.66. The molecule has 4 fully saturated rings. The van der Waals surface area contributed by atoms with E-state index >= 15 is 0 Å².